The number of halogens is 1. The summed E-state index contributed by atoms with van der Waals surface area (Å²) in [5, 5.41) is 0.974. The molecule has 0 aliphatic rings. The van der Waals surface area contributed by atoms with Gasteiger partial charge in [-0.05, 0) is 24.6 Å². The maximum absolute atomic E-state index is 11.8. The van der Waals surface area contributed by atoms with E-state index in [1.54, 1.807) is 12.1 Å². The first-order valence-corrected chi connectivity index (χ1v) is 5.32. The SMILES string of the molecule is COC(=O)c1cc(=O)c2cc(Cl)c(C)cc2[nH]1. The second-order valence-electron chi connectivity index (χ2n) is 3.69. The third-order valence-corrected chi connectivity index (χ3v) is 2.92. The molecule has 4 nitrogen and oxygen atoms in total. The molecule has 0 radical (unpaired) electrons. The molecule has 2 rings (SSSR count). The zero-order valence-corrected chi connectivity index (χ0v) is 10.1. The minimum absolute atomic E-state index is 0.131. The number of carbonyl (C=O) groups excluding carboxylic acids is 1. The normalized spacial score (nSPS) is 10.5. The number of rotatable bonds is 1. The number of hydrogen-bond acceptors (Lipinski definition) is 3. The highest BCUT2D eigenvalue weighted by molar-refractivity contribution is 6.32. The van der Waals surface area contributed by atoms with Crippen LogP contribution in [0.15, 0.2) is 23.0 Å². The van der Waals surface area contributed by atoms with E-state index in [2.05, 4.69) is 9.72 Å². The quantitative estimate of drug-likeness (QED) is 0.791. The van der Waals surface area contributed by atoms with Gasteiger partial charge in [0.15, 0.2) is 5.43 Å². The number of methoxy groups -OCH3 is 1. The smallest absolute Gasteiger partial charge is 0.354 e. The van der Waals surface area contributed by atoms with Gasteiger partial charge in [0.1, 0.15) is 5.69 Å². The van der Waals surface area contributed by atoms with Crippen LogP contribution in [0.25, 0.3) is 10.9 Å². The molecule has 5 heteroatoms. The lowest BCUT2D eigenvalue weighted by Crippen LogP contribution is -2.11. The average Bonchev–Trinajstić information content (AvgIpc) is 2.30. The number of carbonyl (C=O) groups is 1. The summed E-state index contributed by atoms with van der Waals surface area (Å²) in [6.07, 6.45) is 0. The van der Waals surface area contributed by atoms with E-state index in [0.717, 1.165) is 5.56 Å². The second-order valence-corrected chi connectivity index (χ2v) is 4.09. The molecule has 88 valence electrons. The summed E-state index contributed by atoms with van der Waals surface area (Å²) in [5.41, 5.74) is 1.27. The van der Waals surface area contributed by atoms with Crippen molar-refractivity contribution < 1.29 is 9.53 Å². The number of pyridine rings is 1. The van der Waals surface area contributed by atoms with Crippen molar-refractivity contribution in [2.45, 2.75) is 6.92 Å². The van der Waals surface area contributed by atoms with Crippen LogP contribution in [0.4, 0.5) is 0 Å². The van der Waals surface area contributed by atoms with Gasteiger partial charge in [0, 0.05) is 16.5 Å². The van der Waals surface area contributed by atoms with Gasteiger partial charge in [-0.3, -0.25) is 4.79 Å². The largest absolute Gasteiger partial charge is 0.464 e. The highest BCUT2D eigenvalue weighted by Gasteiger charge is 2.10. The Bertz CT molecular complexity index is 661. The van der Waals surface area contributed by atoms with E-state index < -0.39 is 5.97 Å². The number of benzene rings is 1. The highest BCUT2D eigenvalue weighted by Crippen LogP contribution is 2.20. The van der Waals surface area contributed by atoms with Crippen molar-refractivity contribution in [1.82, 2.24) is 4.98 Å². The van der Waals surface area contributed by atoms with Crippen LogP contribution in [0.5, 0.6) is 0 Å². The van der Waals surface area contributed by atoms with Crippen molar-refractivity contribution in [3.8, 4) is 0 Å². The Morgan fingerprint density at radius 2 is 2.06 bits per heavy atom. The van der Waals surface area contributed by atoms with Crippen molar-refractivity contribution >= 4 is 28.5 Å². The molecule has 0 aliphatic carbocycles. The van der Waals surface area contributed by atoms with Crippen molar-refractivity contribution in [2.75, 3.05) is 7.11 Å². The zero-order valence-electron chi connectivity index (χ0n) is 9.33. The van der Waals surface area contributed by atoms with E-state index in [9.17, 15) is 9.59 Å². The molecule has 0 spiro atoms. The Hall–Kier alpha value is -1.81. The van der Waals surface area contributed by atoms with Crippen LogP contribution in [0.1, 0.15) is 16.1 Å². The molecule has 0 atom stereocenters. The molecular weight excluding hydrogens is 242 g/mol. The number of aryl methyl sites for hydroxylation is 1. The molecular formula is C12H10ClNO3. The maximum atomic E-state index is 11.8. The first kappa shape index (κ1) is 11.7. The van der Waals surface area contributed by atoms with E-state index in [1.165, 1.54) is 13.2 Å². The van der Waals surface area contributed by atoms with Gasteiger partial charge in [0.2, 0.25) is 0 Å². The van der Waals surface area contributed by atoms with Crippen molar-refractivity contribution in [3.05, 3.63) is 44.7 Å². The Labute approximate surface area is 102 Å². The summed E-state index contributed by atoms with van der Waals surface area (Å²) in [6.45, 7) is 1.82. The Morgan fingerprint density at radius 3 is 2.71 bits per heavy atom. The van der Waals surface area contributed by atoms with Gasteiger partial charge in [0.25, 0.3) is 0 Å². The van der Waals surface area contributed by atoms with Gasteiger partial charge in [-0.2, -0.15) is 0 Å². The van der Waals surface area contributed by atoms with Crippen LogP contribution in [-0.2, 0) is 4.74 Å². The summed E-state index contributed by atoms with van der Waals surface area (Å²) >= 11 is 5.94. The standard InChI is InChI=1S/C12H10ClNO3/c1-6-3-9-7(4-8(6)13)11(15)5-10(14-9)12(16)17-2/h3-5H,1-2H3,(H,14,15). The van der Waals surface area contributed by atoms with Gasteiger partial charge >= 0.3 is 5.97 Å². The van der Waals surface area contributed by atoms with Crippen molar-refractivity contribution in [1.29, 1.82) is 0 Å². The van der Waals surface area contributed by atoms with Crippen molar-refractivity contribution in [3.63, 3.8) is 0 Å². The fourth-order valence-corrected chi connectivity index (χ4v) is 1.76. The molecule has 0 unspecified atom stereocenters. The number of H-pyrrole nitrogens is 1. The van der Waals surface area contributed by atoms with E-state index in [-0.39, 0.29) is 11.1 Å². The predicted molar refractivity (Wildman–Crippen MR) is 65.7 cm³/mol. The summed E-state index contributed by atoms with van der Waals surface area (Å²) < 4.78 is 4.56. The Balaban J connectivity index is 2.78. The predicted octanol–water partition coefficient (Wildman–Crippen LogP) is 2.28. The monoisotopic (exact) mass is 251 g/mol. The van der Waals surface area contributed by atoms with Crippen LogP contribution in [0.3, 0.4) is 0 Å². The minimum Gasteiger partial charge on any atom is -0.464 e. The van der Waals surface area contributed by atoms with Gasteiger partial charge in [0.05, 0.1) is 12.6 Å². The number of esters is 1. The second kappa shape index (κ2) is 4.22. The first-order valence-electron chi connectivity index (χ1n) is 4.94. The van der Waals surface area contributed by atoms with Crippen LogP contribution in [-0.4, -0.2) is 18.1 Å². The molecule has 0 aliphatic heterocycles. The third-order valence-electron chi connectivity index (χ3n) is 2.51. The first-order chi connectivity index (χ1) is 8.02. The van der Waals surface area contributed by atoms with Crippen LogP contribution < -0.4 is 5.43 Å². The molecule has 2 aromatic rings. The van der Waals surface area contributed by atoms with Crippen molar-refractivity contribution in [2.24, 2.45) is 0 Å². The van der Waals surface area contributed by atoms with Crippen LogP contribution >= 0.6 is 11.6 Å². The molecule has 0 bridgehead atoms. The summed E-state index contributed by atoms with van der Waals surface area (Å²) in [6, 6.07) is 4.53. The highest BCUT2D eigenvalue weighted by atomic mass is 35.5. The Kier molecular flexibility index (Phi) is 2.90. The van der Waals surface area contributed by atoms with Crippen LogP contribution in [0, 0.1) is 6.92 Å². The number of aromatic amines is 1. The van der Waals surface area contributed by atoms with Gasteiger partial charge in [-0.15, -0.1) is 0 Å². The number of aromatic nitrogens is 1. The molecule has 0 amide bonds. The molecule has 0 saturated carbocycles. The number of fused-ring (bicyclic) bond motifs is 1. The average molecular weight is 252 g/mol. The molecule has 1 heterocycles. The number of hydrogen-bond donors (Lipinski definition) is 1. The summed E-state index contributed by atoms with van der Waals surface area (Å²) in [4.78, 5) is 26.0. The molecule has 0 fully saturated rings. The van der Waals surface area contributed by atoms with Gasteiger partial charge in [-0.25, -0.2) is 4.79 Å². The Morgan fingerprint density at radius 1 is 1.35 bits per heavy atom. The van der Waals surface area contributed by atoms with Gasteiger partial charge < -0.3 is 9.72 Å². The van der Waals surface area contributed by atoms with Gasteiger partial charge in [-0.1, -0.05) is 11.6 Å². The van der Waals surface area contributed by atoms with E-state index in [0.29, 0.717) is 15.9 Å². The lowest BCUT2D eigenvalue weighted by molar-refractivity contribution is 0.0594. The molecule has 1 N–H and O–H groups in total. The molecule has 17 heavy (non-hydrogen) atoms. The molecule has 1 aromatic heterocycles. The lowest BCUT2D eigenvalue weighted by atomic mass is 10.1. The topological polar surface area (TPSA) is 59.2 Å². The zero-order chi connectivity index (χ0) is 12.6. The summed E-state index contributed by atoms with van der Waals surface area (Å²) in [5.74, 6) is -0.573. The van der Waals surface area contributed by atoms with E-state index in [1.807, 2.05) is 6.92 Å². The number of nitrogens with one attached hydrogen (secondary N) is 1. The third kappa shape index (κ3) is 2.03. The molecule has 1 aromatic carbocycles. The minimum atomic E-state index is -0.573. The maximum Gasteiger partial charge on any atom is 0.354 e. The lowest BCUT2D eigenvalue weighted by Gasteiger charge is -2.04. The number of ether oxygens (including phenoxy) is 1. The summed E-state index contributed by atoms with van der Waals surface area (Å²) in [7, 11) is 1.26. The fourth-order valence-electron chi connectivity index (χ4n) is 1.60. The van der Waals surface area contributed by atoms with E-state index >= 15 is 0 Å². The molecule has 0 saturated heterocycles. The fraction of sp³-hybridized carbons (Fsp3) is 0.167. The van der Waals surface area contributed by atoms with Crippen LogP contribution in [0.2, 0.25) is 5.02 Å². The van der Waals surface area contributed by atoms with E-state index in [4.69, 9.17) is 11.6 Å².